The van der Waals surface area contributed by atoms with Crippen LogP contribution in [0.2, 0.25) is 0 Å². The Morgan fingerprint density at radius 3 is 2.13 bits per heavy atom. The zero-order valence-electron chi connectivity index (χ0n) is 35.7. The number of para-hydroxylation sites is 2. The van der Waals surface area contributed by atoms with E-state index in [1.165, 1.54) is 28.2 Å². The lowest BCUT2D eigenvalue weighted by atomic mass is 9.81. The lowest BCUT2D eigenvalue weighted by Gasteiger charge is -2.26. The van der Waals surface area contributed by atoms with E-state index in [2.05, 4.69) is 110 Å². The molecule has 61 heavy (non-hydrogen) atoms. The number of carboxylic acid groups (broad SMARTS) is 2. The van der Waals surface area contributed by atoms with Crippen LogP contribution in [0.3, 0.4) is 0 Å². The molecule has 5 rings (SSSR count). The number of fused-ring (bicyclic) bond motifs is 2. The molecule has 334 valence electrons. The van der Waals surface area contributed by atoms with Crippen molar-refractivity contribution in [1.82, 2.24) is 0 Å². The Morgan fingerprint density at radius 2 is 1.48 bits per heavy atom. The molecule has 3 aliphatic rings. The normalized spacial score (nSPS) is 17.9. The number of aliphatic carboxylic acids is 2. The van der Waals surface area contributed by atoms with Crippen LogP contribution in [-0.2, 0) is 44.1 Å². The molecular weight excluding hydrogens is 817 g/mol. The van der Waals surface area contributed by atoms with Crippen LogP contribution in [0.4, 0.5) is 24.5 Å². The van der Waals surface area contributed by atoms with Crippen molar-refractivity contribution in [3.8, 4) is 0 Å². The number of hydrogen-bond acceptors (Lipinski definition) is 9. The van der Waals surface area contributed by atoms with E-state index in [0.29, 0.717) is 59.4 Å². The summed E-state index contributed by atoms with van der Waals surface area (Å²) in [4.78, 5) is 21.9. The van der Waals surface area contributed by atoms with Gasteiger partial charge in [0.05, 0.1) is 70.4 Å². The number of rotatable bonds is 21. The van der Waals surface area contributed by atoms with Gasteiger partial charge >= 0.3 is 12.1 Å². The van der Waals surface area contributed by atoms with Gasteiger partial charge in [-0.3, -0.25) is 4.79 Å². The molecular formula is C46H58ClF3N2O9. The standard InChI is InChI=1S/C44H57ClN2O7.C2HF3O2/c1-43(2)35-13-6-8-15-37(35)46(22-25-52-30-29-51-24-21-41(48)49)39(43)19-17-33-11-10-12-34(42(33)45)18-20-40-44(3,4)36-14-7-9-16-38(36)47(40)23-26-53-31-32-54-28-27-50-5;3-2(4,5)1(6)7/h6-9,13-19,34H,10-12,21-32H2,1-5H3;(H,6,7)/b19-17+;. The number of ether oxygens (including phenoxy) is 5. The van der Waals surface area contributed by atoms with Gasteiger partial charge in [0.15, 0.2) is 12.3 Å². The van der Waals surface area contributed by atoms with Gasteiger partial charge in [0.1, 0.15) is 12.6 Å². The van der Waals surface area contributed by atoms with Gasteiger partial charge in [0.2, 0.25) is 5.69 Å². The van der Waals surface area contributed by atoms with Crippen LogP contribution in [0, 0.1) is 5.92 Å². The molecule has 2 aromatic carbocycles. The molecule has 2 heterocycles. The number of methoxy groups -OCH3 is 1. The van der Waals surface area contributed by atoms with E-state index in [1.807, 2.05) is 0 Å². The Kier molecular flexibility index (Phi) is 18.8. The minimum Gasteiger partial charge on any atom is -0.542 e. The Labute approximate surface area is 361 Å². The predicted molar refractivity (Wildman–Crippen MR) is 225 cm³/mol. The van der Waals surface area contributed by atoms with Crippen LogP contribution in [0.15, 0.2) is 88.8 Å². The first-order valence-corrected chi connectivity index (χ1v) is 20.8. The molecule has 0 amide bonds. The largest absolute Gasteiger partial charge is 0.542 e. The summed E-state index contributed by atoms with van der Waals surface area (Å²) in [5.74, 6) is -3.79. The van der Waals surface area contributed by atoms with E-state index in [4.69, 9.17) is 50.3 Å². The molecule has 1 atom stereocenters. The second-order valence-corrected chi connectivity index (χ2v) is 16.1. The lowest BCUT2D eigenvalue weighted by molar-refractivity contribution is -0.442. The van der Waals surface area contributed by atoms with Gasteiger partial charge in [-0.05, 0) is 70.2 Å². The first-order chi connectivity index (χ1) is 29.0. The molecule has 0 saturated heterocycles. The van der Waals surface area contributed by atoms with Gasteiger partial charge in [0, 0.05) is 53.4 Å². The minimum absolute atomic E-state index is 0.00542. The molecule has 2 aromatic rings. The maximum atomic E-state index is 10.7. The predicted octanol–water partition coefficient (Wildman–Crippen LogP) is 7.23. The molecule has 0 aromatic heterocycles. The summed E-state index contributed by atoms with van der Waals surface area (Å²) in [6.07, 6.45) is 4.41. The van der Waals surface area contributed by atoms with Gasteiger partial charge in [-0.25, -0.2) is 0 Å². The van der Waals surface area contributed by atoms with Gasteiger partial charge in [-0.2, -0.15) is 17.7 Å². The fourth-order valence-electron chi connectivity index (χ4n) is 7.63. The molecule has 15 heteroatoms. The Balaban J connectivity index is 0.00000107. The van der Waals surface area contributed by atoms with Gasteiger partial charge in [-0.1, -0.05) is 54.1 Å². The number of anilines is 1. The molecule has 0 spiro atoms. The van der Waals surface area contributed by atoms with E-state index in [1.54, 1.807) is 7.11 Å². The lowest BCUT2D eigenvalue weighted by Crippen LogP contribution is -2.37. The van der Waals surface area contributed by atoms with E-state index in [9.17, 15) is 18.0 Å². The molecule has 1 aliphatic carbocycles. The third-order valence-corrected chi connectivity index (χ3v) is 11.3. The third-order valence-electron chi connectivity index (χ3n) is 10.8. The number of benzene rings is 2. The second kappa shape index (κ2) is 23.3. The quantitative estimate of drug-likeness (QED) is 0.0779. The summed E-state index contributed by atoms with van der Waals surface area (Å²) >= 11 is 7.26. The van der Waals surface area contributed by atoms with Crippen molar-refractivity contribution in [3.63, 3.8) is 0 Å². The summed E-state index contributed by atoms with van der Waals surface area (Å²) in [5.41, 5.74) is 11.8. The van der Waals surface area contributed by atoms with Crippen LogP contribution < -0.4 is 10.0 Å². The monoisotopic (exact) mass is 874 g/mol. The van der Waals surface area contributed by atoms with Crippen LogP contribution in [-0.4, -0.2) is 113 Å². The van der Waals surface area contributed by atoms with Crippen molar-refractivity contribution in [1.29, 1.82) is 0 Å². The fraction of sp³-hybridized carbons (Fsp3) is 0.522. The molecule has 0 saturated carbocycles. The molecule has 0 radical (unpaired) electrons. The van der Waals surface area contributed by atoms with Gasteiger partial charge in [-0.15, -0.1) is 5.73 Å². The summed E-state index contributed by atoms with van der Waals surface area (Å²) < 4.78 is 61.8. The highest BCUT2D eigenvalue weighted by molar-refractivity contribution is 6.30. The smallest absolute Gasteiger partial charge is 0.430 e. The second-order valence-electron chi connectivity index (χ2n) is 15.7. The van der Waals surface area contributed by atoms with Crippen LogP contribution in [0.25, 0.3) is 0 Å². The van der Waals surface area contributed by atoms with Crippen molar-refractivity contribution in [2.24, 2.45) is 5.92 Å². The average Bonchev–Trinajstić information content (AvgIpc) is 3.56. The van der Waals surface area contributed by atoms with Crippen LogP contribution in [0.5, 0.6) is 0 Å². The number of carboxylic acids is 2. The number of allylic oxidation sites excluding steroid dienone is 5. The first-order valence-electron chi connectivity index (χ1n) is 20.5. The van der Waals surface area contributed by atoms with E-state index in [0.717, 1.165) is 42.1 Å². The van der Waals surface area contributed by atoms with Crippen molar-refractivity contribution < 1.29 is 61.2 Å². The zero-order chi connectivity index (χ0) is 44.6. The number of carbonyl (C=O) groups is 2. The van der Waals surface area contributed by atoms with Crippen molar-refractivity contribution in [2.45, 2.75) is 70.4 Å². The maximum Gasteiger partial charge on any atom is 0.430 e. The summed E-state index contributed by atoms with van der Waals surface area (Å²) in [6.45, 7) is 14.8. The first kappa shape index (κ1) is 49.4. The fourth-order valence-corrected chi connectivity index (χ4v) is 7.96. The Morgan fingerprint density at radius 1 is 0.885 bits per heavy atom. The SMILES string of the molecule is COCCOCCOCCN1C(=C=CC2CCCC(/C=C/C3=[N+](CCOCCOCCC(=O)O)c4ccccc4C3(C)C)=C2Cl)C(C)(C)c2ccccc21.O=C([O-])C(F)(F)F. The third kappa shape index (κ3) is 13.6. The van der Waals surface area contributed by atoms with E-state index < -0.39 is 18.1 Å². The Bertz CT molecular complexity index is 1970. The highest BCUT2D eigenvalue weighted by Gasteiger charge is 2.44. The summed E-state index contributed by atoms with van der Waals surface area (Å²) in [5, 5.41) is 18.5. The van der Waals surface area contributed by atoms with Gasteiger partial charge < -0.3 is 43.6 Å². The molecule has 11 nitrogen and oxygen atoms in total. The molecule has 0 bridgehead atoms. The summed E-state index contributed by atoms with van der Waals surface area (Å²) in [6, 6.07) is 17.2. The number of nitrogens with zero attached hydrogens (tertiary/aromatic N) is 2. The molecule has 0 fully saturated rings. The van der Waals surface area contributed by atoms with Crippen molar-refractivity contribution in [2.75, 3.05) is 84.6 Å². The minimum atomic E-state index is -5.19. The molecule has 2 aliphatic heterocycles. The average molecular weight is 875 g/mol. The van der Waals surface area contributed by atoms with Crippen LogP contribution >= 0.6 is 11.6 Å². The highest BCUT2D eigenvalue weighted by Crippen LogP contribution is 2.47. The maximum absolute atomic E-state index is 10.7. The molecule has 1 N–H and O–H groups in total. The number of carbonyl (C=O) groups excluding carboxylic acids is 1. The number of halogens is 4. The van der Waals surface area contributed by atoms with E-state index >= 15 is 0 Å². The topological polar surface area (TPSA) is 130 Å². The molecule has 1 unspecified atom stereocenters. The van der Waals surface area contributed by atoms with Crippen molar-refractivity contribution in [3.05, 3.63) is 99.9 Å². The highest BCUT2D eigenvalue weighted by atomic mass is 35.5. The van der Waals surface area contributed by atoms with Crippen LogP contribution in [0.1, 0.15) is 64.5 Å². The number of hydrogen-bond donors (Lipinski definition) is 1. The zero-order valence-corrected chi connectivity index (χ0v) is 36.4. The van der Waals surface area contributed by atoms with E-state index in [-0.39, 0.29) is 29.8 Å². The summed E-state index contributed by atoms with van der Waals surface area (Å²) in [7, 11) is 1.67. The Hall–Kier alpha value is -4.27. The van der Waals surface area contributed by atoms with Crippen molar-refractivity contribution >= 4 is 40.6 Å². The number of alkyl halides is 3. The van der Waals surface area contributed by atoms with Gasteiger partial charge in [0.25, 0.3) is 0 Å².